The van der Waals surface area contributed by atoms with Gasteiger partial charge in [-0.05, 0) is 50.0 Å². The summed E-state index contributed by atoms with van der Waals surface area (Å²) in [5.41, 5.74) is 1.13. The van der Waals surface area contributed by atoms with Gasteiger partial charge in [-0.3, -0.25) is 9.59 Å². The second-order valence-corrected chi connectivity index (χ2v) is 8.01. The van der Waals surface area contributed by atoms with Crippen LogP contribution >= 0.6 is 0 Å². The lowest BCUT2D eigenvalue weighted by Gasteiger charge is -2.38. The maximum absolute atomic E-state index is 12.6. The normalized spacial score (nSPS) is 19.2. The van der Waals surface area contributed by atoms with Crippen molar-refractivity contribution in [2.24, 2.45) is 5.92 Å². The minimum absolute atomic E-state index is 0.000999. The second kappa shape index (κ2) is 12.6. The summed E-state index contributed by atoms with van der Waals surface area (Å²) >= 11 is 0. The number of amides is 1. The van der Waals surface area contributed by atoms with Gasteiger partial charge >= 0.3 is 5.97 Å². The molecule has 6 heteroatoms. The molecule has 1 aliphatic heterocycles. The number of hydrogen-bond acceptors (Lipinski definition) is 4. The van der Waals surface area contributed by atoms with E-state index in [0.29, 0.717) is 32.4 Å². The summed E-state index contributed by atoms with van der Waals surface area (Å²) in [6.45, 7) is 3.38. The summed E-state index contributed by atoms with van der Waals surface area (Å²) in [4.78, 5) is 25.1. The predicted molar refractivity (Wildman–Crippen MR) is 112 cm³/mol. The van der Waals surface area contributed by atoms with Crippen molar-refractivity contribution < 1.29 is 24.5 Å². The third kappa shape index (κ3) is 8.54. The highest BCUT2D eigenvalue weighted by Crippen LogP contribution is 2.25. The number of rotatable bonds is 13. The molecular weight excluding hydrogens is 370 g/mol. The van der Waals surface area contributed by atoms with Crippen LogP contribution in [0.1, 0.15) is 57.4 Å². The molecule has 6 nitrogen and oxygen atoms in total. The molecule has 162 valence electrons. The number of carbonyl (C=O) groups excluding carboxylic acids is 1. The Bertz CT molecular complexity index is 621. The van der Waals surface area contributed by atoms with E-state index in [1.807, 2.05) is 35.2 Å². The number of carboxylic acids is 1. The maximum Gasteiger partial charge on any atom is 0.305 e. The van der Waals surface area contributed by atoms with E-state index >= 15 is 0 Å². The van der Waals surface area contributed by atoms with E-state index in [1.165, 1.54) is 0 Å². The fourth-order valence-corrected chi connectivity index (χ4v) is 3.90. The molecule has 0 aromatic heterocycles. The average molecular weight is 406 g/mol. The van der Waals surface area contributed by atoms with E-state index in [4.69, 9.17) is 9.84 Å². The van der Waals surface area contributed by atoms with Gasteiger partial charge in [-0.1, -0.05) is 37.3 Å². The molecule has 0 spiro atoms. The van der Waals surface area contributed by atoms with E-state index in [0.717, 1.165) is 31.2 Å². The van der Waals surface area contributed by atoms with Crippen LogP contribution in [0, 0.1) is 5.92 Å². The Morgan fingerprint density at radius 1 is 1.31 bits per heavy atom. The highest BCUT2D eigenvalue weighted by molar-refractivity contribution is 5.77. The van der Waals surface area contributed by atoms with Crippen LogP contribution in [0.4, 0.5) is 0 Å². The fraction of sp³-hybridized carbons (Fsp3) is 0.652. The molecule has 0 saturated carbocycles. The molecule has 1 aromatic carbocycles. The minimum Gasteiger partial charge on any atom is -0.481 e. The lowest BCUT2D eigenvalue weighted by Crippen LogP contribution is -2.46. The number of ether oxygens (including phenoxy) is 1. The molecule has 29 heavy (non-hydrogen) atoms. The van der Waals surface area contributed by atoms with Crippen molar-refractivity contribution >= 4 is 11.9 Å². The number of aliphatic hydroxyl groups is 1. The van der Waals surface area contributed by atoms with Crippen molar-refractivity contribution in [1.29, 1.82) is 0 Å². The van der Waals surface area contributed by atoms with Gasteiger partial charge in [-0.2, -0.15) is 0 Å². The number of hydrogen-bond donors (Lipinski definition) is 2. The van der Waals surface area contributed by atoms with Crippen LogP contribution in [0.15, 0.2) is 30.3 Å². The summed E-state index contributed by atoms with van der Waals surface area (Å²) in [7, 11) is 0. The first-order valence-corrected chi connectivity index (χ1v) is 10.8. The molecule has 1 saturated heterocycles. The van der Waals surface area contributed by atoms with Crippen LogP contribution in [0.25, 0.3) is 0 Å². The van der Waals surface area contributed by atoms with Crippen molar-refractivity contribution in [2.45, 2.75) is 70.4 Å². The first kappa shape index (κ1) is 23.4. The molecule has 3 atom stereocenters. The summed E-state index contributed by atoms with van der Waals surface area (Å²) < 4.78 is 5.52. The summed E-state index contributed by atoms with van der Waals surface area (Å²) in [6, 6.07) is 10.1. The summed E-state index contributed by atoms with van der Waals surface area (Å²) in [6.07, 6.45) is 5.04. The molecule has 2 rings (SSSR count). The van der Waals surface area contributed by atoms with Gasteiger partial charge in [0.05, 0.1) is 25.7 Å². The van der Waals surface area contributed by atoms with Gasteiger partial charge in [-0.15, -0.1) is 0 Å². The second-order valence-electron chi connectivity index (χ2n) is 8.01. The molecule has 1 unspecified atom stereocenters. The van der Waals surface area contributed by atoms with Crippen LogP contribution < -0.4 is 0 Å². The quantitative estimate of drug-likeness (QED) is 0.492. The molecule has 0 radical (unpaired) electrons. The number of aliphatic carboxylic acids is 1. The highest BCUT2D eigenvalue weighted by atomic mass is 16.5. The summed E-state index contributed by atoms with van der Waals surface area (Å²) in [5.74, 6) is -0.483. The fourth-order valence-electron chi connectivity index (χ4n) is 3.90. The Hall–Kier alpha value is -1.92. The molecule has 1 aliphatic rings. The third-order valence-electron chi connectivity index (χ3n) is 5.68. The van der Waals surface area contributed by atoms with E-state index in [1.54, 1.807) is 0 Å². The van der Waals surface area contributed by atoms with E-state index in [-0.39, 0.29) is 30.9 Å². The molecule has 1 aromatic rings. The van der Waals surface area contributed by atoms with Crippen molar-refractivity contribution in [3.05, 3.63) is 35.9 Å². The average Bonchev–Trinajstić information content (AvgIpc) is 2.70. The van der Waals surface area contributed by atoms with Gasteiger partial charge in [0.1, 0.15) is 0 Å². The van der Waals surface area contributed by atoms with Gasteiger partial charge < -0.3 is 19.8 Å². The number of piperidine rings is 1. The highest BCUT2D eigenvalue weighted by Gasteiger charge is 2.29. The zero-order valence-corrected chi connectivity index (χ0v) is 17.5. The molecule has 1 fully saturated rings. The van der Waals surface area contributed by atoms with E-state index in [9.17, 15) is 14.7 Å². The van der Waals surface area contributed by atoms with Crippen LogP contribution in [-0.4, -0.2) is 58.9 Å². The van der Waals surface area contributed by atoms with Gasteiger partial charge in [-0.25, -0.2) is 0 Å². The van der Waals surface area contributed by atoms with Crippen molar-refractivity contribution in [1.82, 2.24) is 4.90 Å². The standard InChI is InChI=1S/C23H35NO5/c1-2-18(17-29-14-13-23(27)28)16-24-20(9-6-10-22(24)26)11-12-21(25)15-19-7-4-3-5-8-19/h3-5,7-8,18,20-21,25H,2,6,9-17H2,1H3,(H,27,28)/t18-,20+,21?/m0/s1. The first-order chi connectivity index (χ1) is 14.0. The Labute approximate surface area is 173 Å². The third-order valence-corrected chi connectivity index (χ3v) is 5.68. The number of nitrogens with zero attached hydrogens (tertiary/aromatic N) is 1. The maximum atomic E-state index is 12.6. The van der Waals surface area contributed by atoms with Crippen LogP contribution in [0.2, 0.25) is 0 Å². The smallest absolute Gasteiger partial charge is 0.305 e. The summed E-state index contributed by atoms with van der Waals surface area (Å²) in [5, 5.41) is 19.1. The van der Waals surface area contributed by atoms with Gasteiger partial charge in [0.25, 0.3) is 0 Å². The number of likely N-dealkylation sites (tertiary alicyclic amines) is 1. The predicted octanol–water partition coefficient (Wildman–Crippen LogP) is 3.27. The Morgan fingerprint density at radius 3 is 2.76 bits per heavy atom. The van der Waals surface area contributed by atoms with Gasteiger partial charge in [0.2, 0.25) is 5.91 Å². The van der Waals surface area contributed by atoms with Crippen LogP contribution in [0.5, 0.6) is 0 Å². The molecule has 2 N–H and O–H groups in total. The SMILES string of the molecule is CC[C@H](COCCC(=O)O)CN1C(=O)CCC[C@@H]1CCC(O)Cc1ccccc1. The van der Waals surface area contributed by atoms with Gasteiger partial charge in [0.15, 0.2) is 0 Å². The lowest BCUT2D eigenvalue weighted by atomic mass is 9.93. The van der Waals surface area contributed by atoms with Crippen LogP contribution in [-0.2, 0) is 20.7 Å². The monoisotopic (exact) mass is 405 g/mol. The molecule has 0 aliphatic carbocycles. The van der Waals surface area contributed by atoms with Gasteiger partial charge in [0, 0.05) is 19.0 Å². The Balaban J connectivity index is 1.83. The Morgan fingerprint density at radius 2 is 2.07 bits per heavy atom. The minimum atomic E-state index is -0.863. The van der Waals surface area contributed by atoms with Crippen molar-refractivity contribution in [3.8, 4) is 0 Å². The zero-order valence-electron chi connectivity index (χ0n) is 17.5. The molecule has 1 amide bonds. The topological polar surface area (TPSA) is 87.1 Å². The number of benzene rings is 1. The van der Waals surface area contributed by atoms with Crippen molar-refractivity contribution in [2.75, 3.05) is 19.8 Å². The molecule has 0 bridgehead atoms. The van der Waals surface area contributed by atoms with Crippen molar-refractivity contribution in [3.63, 3.8) is 0 Å². The van der Waals surface area contributed by atoms with E-state index in [2.05, 4.69) is 6.92 Å². The number of carbonyl (C=O) groups is 2. The largest absolute Gasteiger partial charge is 0.481 e. The molecule has 1 heterocycles. The van der Waals surface area contributed by atoms with E-state index < -0.39 is 12.1 Å². The first-order valence-electron chi connectivity index (χ1n) is 10.8. The number of carboxylic acid groups (broad SMARTS) is 1. The Kier molecular flexibility index (Phi) is 10.2. The van der Waals surface area contributed by atoms with Crippen LogP contribution in [0.3, 0.4) is 0 Å². The zero-order chi connectivity index (χ0) is 21.1. The molecular formula is C23H35NO5. The lowest BCUT2D eigenvalue weighted by molar-refractivity contribution is -0.138. The number of aliphatic hydroxyl groups excluding tert-OH is 1.